The van der Waals surface area contributed by atoms with Gasteiger partial charge in [-0.1, -0.05) is 59.6 Å². The molecule has 3 aromatic carbocycles. The number of aromatic hydroxyl groups is 1. The van der Waals surface area contributed by atoms with Crippen LogP contribution in [-0.2, 0) is 11.3 Å². The monoisotopic (exact) mass is 433 g/mol. The molecule has 31 heavy (non-hydrogen) atoms. The highest BCUT2D eigenvalue weighted by atomic mass is 35.5. The van der Waals surface area contributed by atoms with Gasteiger partial charge in [-0.25, -0.2) is 0 Å². The third kappa shape index (κ3) is 4.75. The summed E-state index contributed by atoms with van der Waals surface area (Å²) in [5.41, 5.74) is 3.09. The Hall–Kier alpha value is -3.64. The van der Waals surface area contributed by atoms with Crippen LogP contribution in [0, 0.1) is 6.92 Å². The van der Waals surface area contributed by atoms with Gasteiger partial charge in [-0.05, 0) is 42.8 Å². The summed E-state index contributed by atoms with van der Waals surface area (Å²) in [7, 11) is 0. The topological polar surface area (TPSA) is 76.2 Å². The number of azo groups is 1. The number of amides is 1. The van der Waals surface area contributed by atoms with E-state index < -0.39 is 5.91 Å². The van der Waals surface area contributed by atoms with Crippen molar-refractivity contribution in [2.75, 3.05) is 6.61 Å². The van der Waals surface area contributed by atoms with Gasteiger partial charge in [0.1, 0.15) is 5.75 Å². The first-order valence-electron chi connectivity index (χ1n) is 9.70. The van der Waals surface area contributed by atoms with Gasteiger partial charge in [0.2, 0.25) is 5.88 Å². The fraction of sp³-hybridized carbons (Fsp3) is 0.125. The van der Waals surface area contributed by atoms with Gasteiger partial charge in [-0.15, -0.1) is 10.2 Å². The van der Waals surface area contributed by atoms with Crippen molar-refractivity contribution in [1.29, 1.82) is 0 Å². The Morgan fingerprint density at radius 2 is 1.74 bits per heavy atom. The number of rotatable bonds is 6. The van der Waals surface area contributed by atoms with Crippen molar-refractivity contribution < 1.29 is 14.6 Å². The van der Waals surface area contributed by atoms with Crippen LogP contribution in [0.4, 0.5) is 5.69 Å². The molecule has 6 nitrogen and oxygen atoms in total. The van der Waals surface area contributed by atoms with E-state index in [0.717, 1.165) is 16.6 Å². The van der Waals surface area contributed by atoms with Crippen molar-refractivity contribution in [3.05, 3.63) is 88.9 Å². The molecular weight excluding hydrogens is 414 g/mol. The molecule has 0 bridgehead atoms. The highest BCUT2D eigenvalue weighted by Crippen LogP contribution is 2.39. The number of aryl methyl sites for hydroxylation is 1. The molecule has 0 atom stereocenters. The largest absolute Gasteiger partial charge is 0.493 e. The second-order valence-corrected chi connectivity index (χ2v) is 7.53. The standard InChI is InChI=1S/C24H20ClN3O3/c1-16-6-12-19(13-7-16)31-15-22(29)26-27-23-20-4-2-3-5-21(20)28(24(23)30)14-17-8-10-18(25)11-9-17/h2-13,30H,14-15H2,1H3. The lowest BCUT2D eigenvalue weighted by atomic mass is 10.2. The van der Waals surface area contributed by atoms with Gasteiger partial charge in [0.05, 0.1) is 12.1 Å². The first-order valence-corrected chi connectivity index (χ1v) is 10.1. The van der Waals surface area contributed by atoms with Gasteiger partial charge in [0, 0.05) is 10.4 Å². The Morgan fingerprint density at radius 1 is 1.03 bits per heavy atom. The Labute approximate surface area is 184 Å². The highest BCUT2D eigenvalue weighted by Gasteiger charge is 2.17. The quantitative estimate of drug-likeness (QED) is 0.376. The molecule has 0 spiro atoms. The Balaban J connectivity index is 1.55. The van der Waals surface area contributed by atoms with Crippen molar-refractivity contribution in [3.63, 3.8) is 0 Å². The van der Waals surface area contributed by atoms with Gasteiger partial charge in [0.15, 0.2) is 12.3 Å². The number of nitrogens with zero attached hydrogens (tertiary/aromatic N) is 3. The van der Waals surface area contributed by atoms with Crippen LogP contribution in [0.15, 0.2) is 83.0 Å². The molecule has 0 unspecified atom stereocenters. The van der Waals surface area contributed by atoms with E-state index in [9.17, 15) is 9.90 Å². The smallest absolute Gasteiger partial charge is 0.302 e. The van der Waals surface area contributed by atoms with Crippen LogP contribution in [0.1, 0.15) is 11.1 Å². The van der Waals surface area contributed by atoms with Crippen molar-refractivity contribution in [2.24, 2.45) is 10.2 Å². The second kappa shape index (κ2) is 9.02. The van der Waals surface area contributed by atoms with E-state index >= 15 is 0 Å². The lowest BCUT2D eigenvalue weighted by Crippen LogP contribution is -2.07. The van der Waals surface area contributed by atoms with E-state index in [1.165, 1.54) is 0 Å². The summed E-state index contributed by atoms with van der Waals surface area (Å²) in [4.78, 5) is 12.1. The minimum Gasteiger partial charge on any atom is -0.493 e. The number of fused-ring (bicyclic) bond motifs is 1. The average molecular weight is 434 g/mol. The summed E-state index contributed by atoms with van der Waals surface area (Å²) in [5.74, 6) is -0.0294. The lowest BCUT2D eigenvalue weighted by Gasteiger charge is -2.07. The Bertz CT molecular complexity index is 1250. The molecule has 0 aliphatic heterocycles. The van der Waals surface area contributed by atoms with E-state index in [0.29, 0.717) is 22.7 Å². The molecule has 1 N–H and O–H groups in total. The molecular formula is C24H20ClN3O3. The fourth-order valence-corrected chi connectivity index (χ4v) is 3.34. The zero-order valence-corrected chi connectivity index (χ0v) is 17.6. The second-order valence-electron chi connectivity index (χ2n) is 7.10. The molecule has 0 fully saturated rings. The van der Waals surface area contributed by atoms with Crippen molar-refractivity contribution in [2.45, 2.75) is 13.5 Å². The molecule has 0 radical (unpaired) electrons. The molecule has 4 rings (SSSR count). The number of carbonyl (C=O) groups is 1. The molecule has 0 aliphatic carbocycles. The predicted molar refractivity (Wildman–Crippen MR) is 120 cm³/mol. The van der Waals surface area contributed by atoms with Gasteiger partial charge in [-0.2, -0.15) is 0 Å². The molecule has 1 amide bonds. The third-order valence-electron chi connectivity index (χ3n) is 4.82. The predicted octanol–water partition coefficient (Wildman–Crippen LogP) is 6.05. The summed E-state index contributed by atoms with van der Waals surface area (Å²) in [5, 5.41) is 19.9. The number of benzene rings is 3. The maximum atomic E-state index is 12.1. The van der Waals surface area contributed by atoms with Crippen molar-refractivity contribution in [3.8, 4) is 11.6 Å². The van der Waals surface area contributed by atoms with Crippen LogP contribution in [-0.4, -0.2) is 22.2 Å². The van der Waals surface area contributed by atoms with E-state index in [1.54, 1.807) is 28.8 Å². The SMILES string of the molecule is Cc1ccc(OCC(=O)N=Nc2c(O)n(Cc3ccc(Cl)cc3)c3ccccc23)cc1. The van der Waals surface area contributed by atoms with E-state index in [2.05, 4.69) is 10.2 Å². The van der Waals surface area contributed by atoms with Crippen LogP contribution in [0.3, 0.4) is 0 Å². The van der Waals surface area contributed by atoms with Crippen LogP contribution >= 0.6 is 11.6 Å². The molecule has 156 valence electrons. The van der Waals surface area contributed by atoms with Crippen molar-refractivity contribution >= 4 is 34.1 Å². The zero-order chi connectivity index (χ0) is 21.8. The summed E-state index contributed by atoms with van der Waals surface area (Å²) < 4.78 is 7.16. The Kier molecular flexibility index (Phi) is 6.00. The molecule has 7 heteroatoms. The maximum Gasteiger partial charge on any atom is 0.302 e. The zero-order valence-electron chi connectivity index (χ0n) is 16.8. The van der Waals surface area contributed by atoms with Crippen LogP contribution < -0.4 is 4.74 Å². The summed E-state index contributed by atoms with van der Waals surface area (Å²) >= 11 is 5.96. The van der Waals surface area contributed by atoms with E-state index in [-0.39, 0.29) is 18.2 Å². The molecule has 0 saturated carbocycles. The highest BCUT2D eigenvalue weighted by molar-refractivity contribution is 6.30. The first-order chi connectivity index (χ1) is 15.0. The van der Waals surface area contributed by atoms with Crippen LogP contribution in [0.25, 0.3) is 10.9 Å². The lowest BCUT2D eigenvalue weighted by molar-refractivity contribution is -0.120. The maximum absolute atomic E-state index is 12.1. The molecule has 1 aromatic heterocycles. The van der Waals surface area contributed by atoms with E-state index in [4.69, 9.17) is 16.3 Å². The minimum atomic E-state index is -0.547. The average Bonchev–Trinajstić information content (AvgIpc) is 3.04. The number of aromatic nitrogens is 1. The normalized spacial score (nSPS) is 11.3. The number of hydrogen-bond acceptors (Lipinski definition) is 4. The van der Waals surface area contributed by atoms with Gasteiger partial charge >= 0.3 is 5.91 Å². The number of hydrogen-bond donors (Lipinski definition) is 1. The molecule has 0 aliphatic rings. The molecule has 1 heterocycles. The fourth-order valence-electron chi connectivity index (χ4n) is 3.22. The summed E-state index contributed by atoms with van der Waals surface area (Å²) in [6, 6.07) is 22.2. The minimum absolute atomic E-state index is 0.0628. The number of ether oxygens (including phenoxy) is 1. The van der Waals surface area contributed by atoms with Crippen molar-refractivity contribution in [1.82, 2.24) is 4.57 Å². The number of carbonyl (C=O) groups excluding carboxylic acids is 1. The third-order valence-corrected chi connectivity index (χ3v) is 5.07. The summed E-state index contributed by atoms with van der Waals surface area (Å²) in [6.45, 7) is 2.15. The number of halogens is 1. The van der Waals surface area contributed by atoms with E-state index in [1.807, 2.05) is 55.5 Å². The van der Waals surface area contributed by atoms with Crippen LogP contribution in [0.5, 0.6) is 11.6 Å². The Morgan fingerprint density at radius 3 is 2.48 bits per heavy atom. The van der Waals surface area contributed by atoms with Crippen LogP contribution in [0.2, 0.25) is 5.02 Å². The molecule has 4 aromatic rings. The van der Waals surface area contributed by atoms with Gasteiger partial charge in [-0.3, -0.25) is 4.79 Å². The number of para-hydroxylation sites is 1. The first kappa shape index (κ1) is 20.6. The van der Waals surface area contributed by atoms with Gasteiger partial charge < -0.3 is 14.4 Å². The van der Waals surface area contributed by atoms with Gasteiger partial charge in [0.25, 0.3) is 0 Å². The summed E-state index contributed by atoms with van der Waals surface area (Å²) in [6.07, 6.45) is 0. The molecule has 0 saturated heterocycles.